The third kappa shape index (κ3) is 2.84. The van der Waals surface area contributed by atoms with E-state index >= 15 is 0 Å². The first kappa shape index (κ1) is 18.1. The number of hydrogen-bond acceptors (Lipinski definition) is 2. The fourth-order valence-corrected chi connectivity index (χ4v) is 7.15. The van der Waals surface area contributed by atoms with Crippen molar-refractivity contribution in [3.05, 3.63) is 40.2 Å². The maximum absolute atomic E-state index is 13.7. The van der Waals surface area contributed by atoms with E-state index in [0.29, 0.717) is 17.9 Å². The molecule has 0 unspecified atom stereocenters. The van der Waals surface area contributed by atoms with Crippen LogP contribution in [0.4, 0.5) is 5.69 Å². The molecule has 3 nitrogen and oxygen atoms in total. The molecule has 1 aromatic rings. The number of ketones is 1. The normalized spacial score (nSPS) is 34.5. The first-order valence-corrected chi connectivity index (χ1v) is 10.9. The van der Waals surface area contributed by atoms with E-state index in [0.717, 1.165) is 60.3 Å². The number of benzene rings is 1. The summed E-state index contributed by atoms with van der Waals surface area (Å²) >= 11 is 0. The summed E-state index contributed by atoms with van der Waals surface area (Å²) in [5.41, 5.74) is 4.68. The van der Waals surface area contributed by atoms with Crippen molar-refractivity contribution in [2.45, 2.75) is 77.7 Å². The monoisotopic (exact) mass is 374 g/mol. The Bertz CT molecular complexity index is 895. The zero-order valence-corrected chi connectivity index (χ0v) is 17.3. The van der Waals surface area contributed by atoms with E-state index in [9.17, 15) is 4.79 Å². The molecule has 0 spiro atoms. The highest BCUT2D eigenvalue weighted by atomic mass is 16.1. The molecule has 0 atom stereocenters. The highest BCUT2D eigenvalue weighted by molar-refractivity contribution is 6.14. The van der Waals surface area contributed by atoms with Crippen LogP contribution in [-0.2, 0) is 11.2 Å². The smallest absolute Gasteiger partial charge is 0.190 e. The second-order valence-electron chi connectivity index (χ2n) is 10.8. The Labute approximate surface area is 168 Å². The van der Waals surface area contributed by atoms with Gasteiger partial charge in [0.15, 0.2) is 5.69 Å². The lowest BCUT2D eigenvalue weighted by Crippen LogP contribution is -2.50. The molecule has 0 saturated heterocycles. The predicted octanol–water partition coefficient (Wildman–Crippen LogP) is 5.85. The molecule has 0 aromatic heterocycles. The molecule has 0 N–H and O–H groups in total. The minimum absolute atomic E-state index is 0.0770. The first-order chi connectivity index (χ1) is 13.3. The Morgan fingerprint density at radius 3 is 2.32 bits per heavy atom. The zero-order chi connectivity index (χ0) is 19.7. The molecule has 4 saturated carbocycles. The van der Waals surface area contributed by atoms with Crippen LogP contribution in [0.1, 0.15) is 75.5 Å². The van der Waals surface area contributed by atoms with E-state index in [1.165, 1.54) is 24.8 Å². The lowest BCUT2D eigenvalue weighted by Gasteiger charge is -2.56. The van der Waals surface area contributed by atoms with Crippen molar-refractivity contribution in [2.24, 2.45) is 28.2 Å². The van der Waals surface area contributed by atoms with E-state index in [2.05, 4.69) is 24.8 Å². The Balaban J connectivity index is 1.49. The summed E-state index contributed by atoms with van der Waals surface area (Å²) in [6.45, 7) is 13.8. The summed E-state index contributed by atoms with van der Waals surface area (Å²) in [5, 5.41) is 0. The van der Waals surface area contributed by atoms with Gasteiger partial charge >= 0.3 is 0 Å². The van der Waals surface area contributed by atoms with Crippen LogP contribution in [0.5, 0.6) is 0 Å². The van der Waals surface area contributed by atoms with Gasteiger partial charge in [-0.3, -0.25) is 9.79 Å². The second-order valence-corrected chi connectivity index (χ2v) is 10.8. The number of carbonyl (C=O) groups is 1. The number of aliphatic imine (C=N–C) groups is 1. The van der Waals surface area contributed by atoms with Crippen LogP contribution in [0.25, 0.3) is 4.85 Å². The molecule has 0 amide bonds. The summed E-state index contributed by atoms with van der Waals surface area (Å²) in [5.74, 6) is 2.77. The molecular formula is C25H30N2O. The molecule has 28 heavy (non-hydrogen) atoms. The average molecular weight is 375 g/mol. The van der Waals surface area contributed by atoms with Gasteiger partial charge in [-0.05, 0) is 106 Å². The summed E-state index contributed by atoms with van der Waals surface area (Å²) in [7, 11) is 0. The fraction of sp³-hybridized carbons (Fsp3) is 0.640. The van der Waals surface area contributed by atoms with Crippen molar-refractivity contribution in [1.82, 2.24) is 0 Å². The summed E-state index contributed by atoms with van der Waals surface area (Å²) in [6.07, 6.45) is 8.73. The maximum Gasteiger partial charge on any atom is 0.190 e. The van der Waals surface area contributed by atoms with Gasteiger partial charge in [-0.25, -0.2) is 4.85 Å². The van der Waals surface area contributed by atoms with Gasteiger partial charge in [0.25, 0.3) is 0 Å². The molecule has 5 aliphatic rings. The minimum atomic E-state index is -0.184. The standard InChI is InChI=1S/C25H30N2O/c1-15-5-19-14-24(2,3)27-22(20(19)9-21(15)26-4)10-23(28)25-11-16-6-17(12-25)8-18(7-16)13-25/h5,9,16-18H,6-8,10-14H2,1-3H3. The highest BCUT2D eigenvalue weighted by Crippen LogP contribution is 2.60. The van der Waals surface area contributed by atoms with Crippen molar-refractivity contribution in [3.63, 3.8) is 0 Å². The first-order valence-electron chi connectivity index (χ1n) is 10.9. The van der Waals surface area contributed by atoms with Gasteiger partial charge in [-0.2, -0.15) is 0 Å². The van der Waals surface area contributed by atoms with E-state index < -0.39 is 0 Å². The van der Waals surface area contributed by atoms with Crippen LogP contribution in [0, 0.1) is 36.7 Å². The molecule has 4 bridgehead atoms. The van der Waals surface area contributed by atoms with Crippen LogP contribution < -0.4 is 0 Å². The molecule has 3 heteroatoms. The SMILES string of the molecule is [C-]#[N+]c1cc2c(cc1C)CC(C)(C)N=C2CC(=O)C12CC3CC(CC(C3)C1)C2. The lowest BCUT2D eigenvalue weighted by molar-refractivity contribution is -0.142. The molecule has 0 radical (unpaired) electrons. The summed E-state index contributed by atoms with van der Waals surface area (Å²) < 4.78 is 0. The van der Waals surface area contributed by atoms with E-state index in [1.54, 1.807) is 0 Å². The summed E-state index contributed by atoms with van der Waals surface area (Å²) in [6, 6.07) is 4.13. The molecular weight excluding hydrogens is 344 g/mol. The van der Waals surface area contributed by atoms with Crippen LogP contribution in [0.3, 0.4) is 0 Å². The molecule has 1 heterocycles. The Morgan fingerprint density at radius 2 is 1.75 bits per heavy atom. The van der Waals surface area contributed by atoms with E-state index in [1.807, 2.05) is 13.0 Å². The Kier molecular flexibility index (Phi) is 3.89. The minimum Gasteiger partial charge on any atom is -0.299 e. The average Bonchev–Trinajstić information content (AvgIpc) is 2.59. The van der Waals surface area contributed by atoms with Crippen molar-refractivity contribution in [1.29, 1.82) is 0 Å². The lowest BCUT2D eigenvalue weighted by atomic mass is 9.48. The van der Waals surface area contributed by atoms with Gasteiger partial charge in [0.05, 0.1) is 12.1 Å². The molecule has 4 fully saturated rings. The van der Waals surface area contributed by atoms with Gasteiger partial charge in [-0.1, -0.05) is 6.07 Å². The van der Waals surface area contributed by atoms with Gasteiger partial charge in [0.2, 0.25) is 0 Å². The third-order valence-electron chi connectivity index (χ3n) is 7.87. The van der Waals surface area contributed by atoms with Crippen LogP contribution in [-0.4, -0.2) is 17.0 Å². The van der Waals surface area contributed by atoms with Gasteiger partial charge in [-0.15, -0.1) is 0 Å². The molecule has 6 rings (SSSR count). The Morgan fingerprint density at radius 1 is 1.14 bits per heavy atom. The van der Waals surface area contributed by atoms with Crippen molar-refractivity contribution in [2.75, 3.05) is 0 Å². The van der Waals surface area contributed by atoms with Gasteiger partial charge in [0, 0.05) is 17.5 Å². The maximum atomic E-state index is 13.7. The summed E-state index contributed by atoms with van der Waals surface area (Å²) in [4.78, 5) is 22.4. The van der Waals surface area contributed by atoms with Crippen molar-refractivity contribution >= 4 is 17.2 Å². The molecule has 1 aliphatic heterocycles. The predicted molar refractivity (Wildman–Crippen MR) is 112 cm³/mol. The number of fused-ring (bicyclic) bond motifs is 1. The van der Waals surface area contributed by atoms with Crippen LogP contribution in [0.2, 0.25) is 0 Å². The number of aryl methyl sites for hydroxylation is 1. The van der Waals surface area contributed by atoms with Gasteiger partial charge < -0.3 is 0 Å². The topological polar surface area (TPSA) is 33.8 Å². The number of carbonyl (C=O) groups excluding carboxylic acids is 1. The highest BCUT2D eigenvalue weighted by Gasteiger charge is 2.54. The Hall–Kier alpha value is -1.95. The zero-order valence-electron chi connectivity index (χ0n) is 17.3. The van der Waals surface area contributed by atoms with Crippen LogP contribution >= 0.6 is 0 Å². The second kappa shape index (κ2) is 6.02. The quantitative estimate of drug-likeness (QED) is 0.611. The van der Waals surface area contributed by atoms with E-state index in [-0.39, 0.29) is 11.0 Å². The fourth-order valence-electron chi connectivity index (χ4n) is 7.15. The largest absolute Gasteiger partial charge is 0.299 e. The van der Waals surface area contributed by atoms with Crippen molar-refractivity contribution in [3.8, 4) is 0 Å². The molecule has 4 aliphatic carbocycles. The van der Waals surface area contributed by atoms with E-state index in [4.69, 9.17) is 11.6 Å². The third-order valence-corrected chi connectivity index (χ3v) is 7.87. The number of Topliss-reactive ketones (excluding diaryl/α,β-unsaturated/α-hetero) is 1. The number of rotatable bonds is 3. The number of hydrogen-bond donors (Lipinski definition) is 0. The molecule has 1 aromatic carbocycles. The van der Waals surface area contributed by atoms with Crippen molar-refractivity contribution < 1.29 is 4.79 Å². The van der Waals surface area contributed by atoms with Gasteiger partial charge in [0.1, 0.15) is 5.78 Å². The number of nitrogens with zero attached hydrogens (tertiary/aromatic N) is 2. The van der Waals surface area contributed by atoms with Crippen LogP contribution in [0.15, 0.2) is 17.1 Å². The molecule has 146 valence electrons.